The fourth-order valence-electron chi connectivity index (χ4n) is 1.02. The van der Waals surface area contributed by atoms with Gasteiger partial charge >= 0.3 is 0 Å². The molecule has 2 N–H and O–H groups in total. The molecule has 78 valence electrons. The Morgan fingerprint density at radius 1 is 1.64 bits per heavy atom. The third kappa shape index (κ3) is 2.10. The highest BCUT2D eigenvalue weighted by atomic mass is 35.5. The number of alkyl halides is 2. The molecule has 0 bridgehead atoms. The molecular formula is C8H9ClF2N2O. The fraction of sp³-hybridized carbons (Fsp3) is 0.375. The molecule has 0 atom stereocenters. The third-order valence-corrected chi connectivity index (χ3v) is 1.97. The molecule has 0 unspecified atom stereocenters. The number of nitrogens with two attached hydrogens (primary N) is 1. The van der Waals surface area contributed by atoms with Gasteiger partial charge < -0.3 is 10.5 Å². The van der Waals surface area contributed by atoms with E-state index in [0.717, 1.165) is 0 Å². The van der Waals surface area contributed by atoms with Crippen LogP contribution in [0.15, 0.2) is 6.07 Å². The Labute approximate surface area is 84.8 Å². The van der Waals surface area contributed by atoms with E-state index in [4.69, 9.17) is 22.1 Å². The van der Waals surface area contributed by atoms with Gasteiger partial charge in [0.1, 0.15) is 5.69 Å². The van der Waals surface area contributed by atoms with Crippen molar-refractivity contribution in [2.24, 2.45) is 5.73 Å². The zero-order valence-corrected chi connectivity index (χ0v) is 8.18. The molecule has 0 amide bonds. The number of nitrogens with zero attached hydrogens (tertiary/aromatic N) is 1. The first-order chi connectivity index (χ1) is 6.60. The molecule has 1 aromatic rings. The fourth-order valence-corrected chi connectivity index (χ4v) is 1.24. The van der Waals surface area contributed by atoms with E-state index in [9.17, 15) is 8.78 Å². The zero-order valence-electron chi connectivity index (χ0n) is 7.43. The molecule has 0 aliphatic heterocycles. The Morgan fingerprint density at radius 2 is 2.29 bits per heavy atom. The second-order valence-corrected chi connectivity index (χ2v) is 2.89. The average molecular weight is 223 g/mol. The number of hydrogen-bond donors (Lipinski definition) is 1. The summed E-state index contributed by atoms with van der Waals surface area (Å²) in [7, 11) is 1.38. The Hall–Kier alpha value is -0.940. The maximum absolute atomic E-state index is 12.4. The molecule has 0 aliphatic carbocycles. The molecule has 0 fully saturated rings. The lowest BCUT2D eigenvalue weighted by molar-refractivity contribution is 0.144. The predicted molar refractivity (Wildman–Crippen MR) is 48.6 cm³/mol. The molecule has 1 rings (SSSR count). The number of rotatable bonds is 3. The zero-order chi connectivity index (χ0) is 10.7. The molecule has 0 radical (unpaired) electrons. The number of hydrogen-bond acceptors (Lipinski definition) is 3. The van der Waals surface area contributed by atoms with Crippen molar-refractivity contribution in [1.29, 1.82) is 0 Å². The summed E-state index contributed by atoms with van der Waals surface area (Å²) in [6.45, 7) is -0.0276. The molecule has 3 nitrogen and oxygen atoms in total. The standard InChI is InChI=1S/C8H9ClF2N2O/c1-14-5-2-4(3-12)6(8(10)11)13-7(5)9/h2,8H,3,12H2,1H3. The minimum atomic E-state index is -2.68. The first-order valence-electron chi connectivity index (χ1n) is 3.81. The number of aromatic nitrogens is 1. The molecule has 1 aromatic heterocycles. The van der Waals surface area contributed by atoms with Crippen LogP contribution in [0.5, 0.6) is 5.75 Å². The van der Waals surface area contributed by atoms with Gasteiger partial charge in [0.15, 0.2) is 10.9 Å². The lowest BCUT2D eigenvalue weighted by Crippen LogP contribution is -2.05. The molecule has 0 saturated heterocycles. The summed E-state index contributed by atoms with van der Waals surface area (Å²) in [6.07, 6.45) is -2.68. The quantitative estimate of drug-likeness (QED) is 0.798. The van der Waals surface area contributed by atoms with Gasteiger partial charge in [-0.2, -0.15) is 0 Å². The summed E-state index contributed by atoms with van der Waals surface area (Å²) in [5, 5.41) is -0.0833. The lowest BCUT2D eigenvalue weighted by Gasteiger charge is -2.09. The largest absolute Gasteiger partial charge is 0.494 e. The maximum Gasteiger partial charge on any atom is 0.280 e. The van der Waals surface area contributed by atoms with Crippen molar-refractivity contribution >= 4 is 11.6 Å². The topological polar surface area (TPSA) is 48.1 Å². The van der Waals surface area contributed by atoms with Crippen molar-refractivity contribution in [1.82, 2.24) is 4.98 Å². The van der Waals surface area contributed by atoms with Gasteiger partial charge in [-0.25, -0.2) is 13.8 Å². The van der Waals surface area contributed by atoms with E-state index in [1.165, 1.54) is 13.2 Å². The van der Waals surface area contributed by atoms with Gasteiger partial charge in [-0.05, 0) is 11.6 Å². The van der Waals surface area contributed by atoms with Crippen LogP contribution in [0.4, 0.5) is 8.78 Å². The van der Waals surface area contributed by atoms with Gasteiger partial charge in [0, 0.05) is 6.54 Å². The highest BCUT2D eigenvalue weighted by Gasteiger charge is 2.17. The van der Waals surface area contributed by atoms with E-state index in [2.05, 4.69) is 4.98 Å². The van der Waals surface area contributed by atoms with Crippen molar-refractivity contribution < 1.29 is 13.5 Å². The predicted octanol–water partition coefficient (Wildman–Crippen LogP) is 2.14. The van der Waals surface area contributed by atoms with Crippen molar-refractivity contribution in [2.75, 3.05) is 7.11 Å². The highest BCUT2D eigenvalue weighted by molar-refractivity contribution is 6.30. The average Bonchev–Trinajstić information content (AvgIpc) is 2.17. The third-order valence-electron chi connectivity index (χ3n) is 1.70. The molecule has 0 aliphatic rings. The molecule has 1 heterocycles. The van der Waals surface area contributed by atoms with E-state index < -0.39 is 12.1 Å². The van der Waals surface area contributed by atoms with Crippen LogP contribution in [-0.2, 0) is 6.54 Å². The molecule has 14 heavy (non-hydrogen) atoms. The Balaban J connectivity index is 3.24. The summed E-state index contributed by atoms with van der Waals surface area (Å²) in [5.74, 6) is 0.247. The van der Waals surface area contributed by atoms with E-state index in [1.54, 1.807) is 0 Å². The monoisotopic (exact) mass is 222 g/mol. The summed E-state index contributed by atoms with van der Waals surface area (Å²) in [6, 6.07) is 1.37. The van der Waals surface area contributed by atoms with Crippen molar-refractivity contribution in [3.63, 3.8) is 0 Å². The van der Waals surface area contributed by atoms with Crippen LogP contribution in [0.1, 0.15) is 17.7 Å². The smallest absolute Gasteiger partial charge is 0.280 e. The van der Waals surface area contributed by atoms with Gasteiger partial charge in [0.25, 0.3) is 6.43 Å². The van der Waals surface area contributed by atoms with Gasteiger partial charge in [-0.1, -0.05) is 11.6 Å². The van der Waals surface area contributed by atoms with E-state index in [0.29, 0.717) is 0 Å². The van der Waals surface area contributed by atoms with E-state index in [1.807, 2.05) is 0 Å². The van der Waals surface area contributed by atoms with Crippen LogP contribution in [-0.4, -0.2) is 12.1 Å². The number of methoxy groups -OCH3 is 1. The second kappa shape index (κ2) is 4.52. The SMILES string of the molecule is COc1cc(CN)c(C(F)F)nc1Cl. The minimum absolute atomic E-state index is 0.0276. The molecule has 6 heteroatoms. The Bertz CT molecular complexity index is 333. The number of pyridine rings is 1. The van der Waals surface area contributed by atoms with Crippen LogP contribution >= 0.6 is 11.6 Å². The maximum atomic E-state index is 12.4. The number of ether oxygens (including phenoxy) is 1. The van der Waals surface area contributed by atoms with Crippen LogP contribution in [0.2, 0.25) is 5.15 Å². The Kier molecular flexibility index (Phi) is 3.60. The summed E-state index contributed by atoms with van der Waals surface area (Å²) in [4.78, 5) is 3.52. The second-order valence-electron chi connectivity index (χ2n) is 2.53. The normalized spacial score (nSPS) is 10.7. The van der Waals surface area contributed by atoms with Crippen LogP contribution in [0.3, 0.4) is 0 Å². The summed E-state index contributed by atoms with van der Waals surface area (Å²) >= 11 is 5.59. The minimum Gasteiger partial charge on any atom is -0.494 e. The van der Waals surface area contributed by atoms with Crippen molar-refractivity contribution in [2.45, 2.75) is 13.0 Å². The first-order valence-corrected chi connectivity index (χ1v) is 4.19. The van der Waals surface area contributed by atoms with Gasteiger partial charge in [0.2, 0.25) is 0 Å². The van der Waals surface area contributed by atoms with Crippen molar-refractivity contribution in [3.05, 3.63) is 22.5 Å². The first kappa shape index (κ1) is 11.1. The Morgan fingerprint density at radius 3 is 2.71 bits per heavy atom. The van der Waals surface area contributed by atoms with Gasteiger partial charge in [0.05, 0.1) is 7.11 Å². The van der Waals surface area contributed by atoms with Crippen LogP contribution in [0, 0.1) is 0 Å². The van der Waals surface area contributed by atoms with Gasteiger partial charge in [-0.15, -0.1) is 0 Å². The van der Waals surface area contributed by atoms with Crippen molar-refractivity contribution in [3.8, 4) is 5.75 Å². The summed E-state index contributed by atoms with van der Waals surface area (Å²) in [5.41, 5.74) is 5.14. The molecular weight excluding hydrogens is 214 g/mol. The van der Waals surface area contributed by atoms with Gasteiger partial charge in [-0.3, -0.25) is 0 Å². The number of halogens is 3. The molecule has 0 saturated carbocycles. The molecule has 0 spiro atoms. The van der Waals surface area contributed by atoms with E-state index >= 15 is 0 Å². The lowest BCUT2D eigenvalue weighted by atomic mass is 10.2. The molecule has 0 aromatic carbocycles. The van der Waals surface area contributed by atoms with Crippen LogP contribution in [0.25, 0.3) is 0 Å². The van der Waals surface area contributed by atoms with E-state index in [-0.39, 0.29) is 23.0 Å². The summed E-state index contributed by atoms with van der Waals surface area (Å²) < 4.78 is 29.7. The highest BCUT2D eigenvalue weighted by Crippen LogP contribution is 2.29. The van der Waals surface area contributed by atoms with Crippen LogP contribution < -0.4 is 10.5 Å².